The molecule has 0 aromatic heterocycles. The van der Waals surface area contributed by atoms with Gasteiger partial charge in [0.15, 0.2) is 0 Å². The van der Waals surface area contributed by atoms with Crippen LogP contribution in [0.1, 0.15) is 6.92 Å². The molecule has 0 unspecified atom stereocenters. The molecule has 64 valence electrons. The highest BCUT2D eigenvalue weighted by Crippen LogP contribution is 1.65. The molecule has 0 aliphatic heterocycles. The maximum atomic E-state index is 9.51. The summed E-state index contributed by atoms with van der Waals surface area (Å²) in [4.78, 5) is 18.8. The molecule has 0 saturated heterocycles. The van der Waals surface area contributed by atoms with Crippen LogP contribution >= 0.6 is 0 Å². The summed E-state index contributed by atoms with van der Waals surface area (Å²) in [6.07, 6.45) is 2.56. The van der Waals surface area contributed by atoms with Crippen LogP contribution in [0.3, 0.4) is 0 Å². The molecule has 0 aliphatic carbocycles. The molecule has 0 radical (unpaired) electrons. The van der Waals surface area contributed by atoms with Gasteiger partial charge in [-0.3, -0.25) is 4.79 Å². The SMILES string of the molecule is CC=CC(=O)O.NCC(=O)O. The Morgan fingerprint density at radius 3 is 1.82 bits per heavy atom. The molecule has 0 amide bonds. The fourth-order valence-electron chi connectivity index (χ4n) is 0.143. The standard InChI is InChI=1S/C4H6O2.C2H5NO2/c1-2-3-4(5)6;3-1-2(4)5/h2-3H,1H3,(H,5,6);1,3H2,(H,4,5). The molecule has 0 rings (SSSR count). The summed E-state index contributed by atoms with van der Waals surface area (Å²) in [6, 6.07) is 0. The van der Waals surface area contributed by atoms with E-state index in [2.05, 4.69) is 5.73 Å². The molecule has 5 nitrogen and oxygen atoms in total. The predicted octanol–water partition coefficient (Wildman–Crippen LogP) is -0.323. The van der Waals surface area contributed by atoms with Gasteiger partial charge in [-0.1, -0.05) is 6.08 Å². The molecule has 5 heteroatoms. The van der Waals surface area contributed by atoms with Crippen LogP contribution in [0.2, 0.25) is 0 Å². The second-order valence-corrected chi connectivity index (χ2v) is 1.44. The Morgan fingerprint density at radius 1 is 1.45 bits per heavy atom. The zero-order valence-corrected chi connectivity index (χ0v) is 6.15. The van der Waals surface area contributed by atoms with E-state index in [-0.39, 0.29) is 6.54 Å². The van der Waals surface area contributed by atoms with Gasteiger partial charge in [0.1, 0.15) is 0 Å². The van der Waals surface area contributed by atoms with Crippen LogP contribution in [0, 0.1) is 0 Å². The van der Waals surface area contributed by atoms with Gasteiger partial charge in [0.25, 0.3) is 0 Å². The van der Waals surface area contributed by atoms with Crippen molar-refractivity contribution in [2.24, 2.45) is 5.73 Å². The lowest BCUT2D eigenvalue weighted by Crippen LogP contribution is -2.10. The summed E-state index contributed by atoms with van der Waals surface area (Å²) >= 11 is 0. The van der Waals surface area contributed by atoms with Crippen molar-refractivity contribution in [1.82, 2.24) is 0 Å². The van der Waals surface area contributed by atoms with Gasteiger partial charge in [-0.15, -0.1) is 0 Å². The van der Waals surface area contributed by atoms with Crippen molar-refractivity contribution in [3.05, 3.63) is 12.2 Å². The Balaban J connectivity index is 0. The third-order valence-electron chi connectivity index (χ3n) is 0.484. The summed E-state index contributed by atoms with van der Waals surface area (Å²) in [7, 11) is 0. The lowest BCUT2D eigenvalue weighted by molar-refractivity contribution is -0.135. The molecule has 0 saturated carbocycles. The zero-order chi connectivity index (χ0) is 9.28. The van der Waals surface area contributed by atoms with E-state index in [4.69, 9.17) is 10.2 Å². The lowest BCUT2D eigenvalue weighted by Gasteiger charge is -1.73. The van der Waals surface area contributed by atoms with E-state index >= 15 is 0 Å². The molecule has 4 N–H and O–H groups in total. The highest BCUT2D eigenvalue weighted by atomic mass is 16.4. The van der Waals surface area contributed by atoms with Crippen LogP contribution in [0.5, 0.6) is 0 Å². The molecule has 11 heavy (non-hydrogen) atoms. The number of hydrogen-bond acceptors (Lipinski definition) is 3. The number of carbonyl (C=O) groups is 2. The summed E-state index contributed by atoms with van der Waals surface area (Å²) in [6.45, 7) is 1.38. The van der Waals surface area contributed by atoms with E-state index in [1.807, 2.05) is 0 Å². The predicted molar refractivity (Wildman–Crippen MR) is 39.1 cm³/mol. The van der Waals surface area contributed by atoms with Crippen molar-refractivity contribution in [3.63, 3.8) is 0 Å². The number of carboxylic acids is 2. The number of nitrogens with two attached hydrogens (primary N) is 1. The Labute approximate surface area is 64.1 Å². The lowest BCUT2D eigenvalue weighted by atomic mass is 10.5. The first-order chi connectivity index (χ1) is 5.04. The van der Waals surface area contributed by atoms with Crippen LogP contribution in [0.4, 0.5) is 0 Å². The quantitative estimate of drug-likeness (QED) is 0.482. The molecule has 0 heterocycles. The molecule has 0 bridgehead atoms. The molecule has 0 fully saturated rings. The maximum Gasteiger partial charge on any atom is 0.327 e. The average molecular weight is 161 g/mol. The summed E-state index contributed by atoms with van der Waals surface area (Å²) < 4.78 is 0. The minimum Gasteiger partial charge on any atom is -0.480 e. The van der Waals surface area contributed by atoms with Crippen LogP contribution in [0.25, 0.3) is 0 Å². The van der Waals surface area contributed by atoms with Crippen molar-refractivity contribution >= 4 is 11.9 Å². The van der Waals surface area contributed by atoms with Crippen molar-refractivity contribution < 1.29 is 19.8 Å². The minimum atomic E-state index is -0.968. The zero-order valence-electron chi connectivity index (χ0n) is 6.15. The van der Waals surface area contributed by atoms with E-state index in [9.17, 15) is 9.59 Å². The van der Waals surface area contributed by atoms with E-state index in [0.717, 1.165) is 6.08 Å². The van der Waals surface area contributed by atoms with Gasteiger partial charge in [-0.05, 0) is 6.92 Å². The number of aliphatic carboxylic acids is 2. The van der Waals surface area contributed by atoms with Gasteiger partial charge in [-0.25, -0.2) is 4.79 Å². The number of rotatable bonds is 2. The van der Waals surface area contributed by atoms with E-state index in [1.54, 1.807) is 6.92 Å². The van der Waals surface area contributed by atoms with E-state index in [1.165, 1.54) is 6.08 Å². The van der Waals surface area contributed by atoms with Gasteiger partial charge in [-0.2, -0.15) is 0 Å². The summed E-state index contributed by atoms with van der Waals surface area (Å²) in [5.41, 5.74) is 4.57. The second-order valence-electron chi connectivity index (χ2n) is 1.44. The van der Waals surface area contributed by atoms with Crippen LogP contribution in [-0.2, 0) is 9.59 Å². The van der Waals surface area contributed by atoms with Gasteiger partial charge in [0.05, 0.1) is 6.54 Å². The fourth-order valence-corrected chi connectivity index (χ4v) is 0.143. The second kappa shape index (κ2) is 8.64. The number of carboxylic acid groups (broad SMARTS) is 2. The Hall–Kier alpha value is -1.36. The van der Waals surface area contributed by atoms with Crippen LogP contribution in [-0.4, -0.2) is 28.7 Å². The first-order valence-corrected chi connectivity index (χ1v) is 2.82. The highest BCUT2D eigenvalue weighted by molar-refractivity contribution is 5.79. The van der Waals surface area contributed by atoms with Gasteiger partial charge < -0.3 is 15.9 Å². The monoisotopic (exact) mass is 161 g/mol. The molecule has 0 atom stereocenters. The molecule has 0 aromatic carbocycles. The Kier molecular flexibility index (Phi) is 9.68. The highest BCUT2D eigenvalue weighted by Gasteiger charge is 1.81. The van der Waals surface area contributed by atoms with Crippen LogP contribution < -0.4 is 5.73 Å². The van der Waals surface area contributed by atoms with Crippen molar-refractivity contribution in [2.75, 3.05) is 6.54 Å². The fraction of sp³-hybridized carbons (Fsp3) is 0.333. The van der Waals surface area contributed by atoms with Crippen molar-refractivity contribution in [3.8, 4) is 0 Å². The summed E-state index contributed by atoms with van der Waals surface area (Å²) in [5, 5.41) is 15.4. The van der Waals surface area contributed by atoms with Crippen molar-refractivity contribution in [1.29, 1.82) is 0 Å². The Morgan fingerprint density at radius 2 is 1.82 bits per heavy atom. The van der Waals surface area contributed by atoms with Crippen molar-refractivity contribution in [2.45, 2.75) is 6.92 Å². The maximum absolute atomic E-state index is 9.51. The van der Waals surface area contributed by atoms with Gasteiger partial charge >= 0.3 is 11.9 Å². The molecule has 0 aromatic rings. The summed E-state index contributed by atoms with van der Waals surface area (Å²) in [5.74, 6) is -1.86. The van der Waals surface area contributed by atoms with E-state index < -0.39 is 11.9 Å². The van der Waals surface area contributed by atoms with E-state index in [0.29, 0.717) is 0 Å². The topological polar surface area (TPSA) is 101 Å². The normalized spacial score (nSPS) is 8.55. The third kappa shape index (κ3) is 28.8. The molecule has 0 aliphatic rings. The number of hydrogen-bond donors (Lipinski definition) is 3. The van der Waals surface area contributed by atoms with Gasteiger partial charge in [0, 0.05) is 6.08 Å². The first-order valence-electron chi connectivity index (χ1n) is 2.82. The largest absolute Gasteiger partial charge is 0.480 e. The van der Waals surface area contributed by atoms with Gasteiger partial charge in [0.2, 0.25) is 0 Å². The smallest absolute Gasteiger partial charge is 0.327 e. The third-order valence-corrected chi connectivity index (χ3v) is 0.484. The average Bonchev–Trinajstić information content (AvgIpc) is 1.89. The molecular weight excluding hydrogens is 150 g/mol. The first kappa shape index (κ1) is 12.3. The molecular formula is C6H11NO4. The molecule has 0 spiro atoms. The number of allylic oxidation sites excluding steroid dienone is 1. The van der Waals surface area contributed by atoms with Crippen LogP contribution in [0.15, 0.2) is 12.2 Å². The minimum absolute atomic E-state index is 0.278. The Bertz CT molecular complexity index is 153.